The van der Waals surface area contributed by atoms with Gasteiger partial charge in [0, 0.05) is 26.6 Å². The summed E-state index contributed by atoms with van der Waals surface area (Å²) in [5, 5.41) is 1.41. The Hall–Kier alpha value is -3.86. The number of thioether (sulfide) groups is 1. The van der Waals surface area contributed by atoms with Crippen molar-refractivity contribution in [2.45, 2.75) is 43.1 Å². The topological polar surface area (TPSA) is 106 Å². The van der Waals surface area contributed by atoms with Crippen LogP contribution in [0.25, 0.3) is 0 Å². The largest absolute Gasteiger partial charge is 0.489 e. The highest BCUT2D eigenvalue weighted by molar-refractivity contribution is 8.00. The fourth-order valence-corrected chi connectivity index (χ4v) is 11.4. The number of amides is 2. The Morgan fingerprint density at radius 2 is 1.70 bits per heavy atom. The molecule has 2 bridgehead atoms. The van der Waals surface area contributed by atoms with Crippen molar-refractivity contribution >= 4 is 58.2 Å². The first-order chi connectivity index (χ1) is 22.7. The summed E-state index contributed by atoms with van der Waals surface area (Å²) in [6.45, 7) is 4.41. The molecule has 1 saturated heterocycles. The van der Waals surface area contributed by atoms with Gasteiger partial charge in [-0.2, -0.15) is 0 Å². The van der Waals surface area contributed by atoms with E-state index in [1.165, 1.54) is 21.8 Å². The molecule has 1 aromatic heterocycles. The Morgan fingerprint density at radius 3 is 2.43 bits per heavy atom. The molecular formula is C36H31ClN2O6S2. The zero-order valence-corrected chi connectivity index (χ0v) is 28.0. The fourth-order valence-electron chi connectivity index (χ4n) is 8.32. The van der Waals surface area contributed by atoms with Crippen LogP contribution in [-0.4, -0.2) is 34.6 Å². The van der Waals surface area contributed by atoms with Crippen molar-refractivity contribution in [3.63, 3.8) is 0 Å². The monoisotopic (exact) mass is 686 g/mol. The number of thiazole rings is 1. The number of hydrogen-bond donors (Lipinski definition) is 1. The third-order valence-electron chi connectivity index (χ3n) is 10.2. The third kappa shape index (κ3) is 4.95. The highest BCUT2D eigenvalue weighted by Gasteiger charge is 2.69. The van der Waals surface area contributed by atoms with Gasteiger partial charge in [0.2, 0.25) is 11.8 Å². The molecule has 0 spiro atoms. The van der Waals surface area contributed by atoms with E-state index in [0.717, 1.165) is 27.5 Å². The number of nitrogens with zero attached hydrogens (tertiary/aromatic N) is 1. The first-order valence-corrected chi connectivity index (χ1v) is 17.8. The van der Waals surface area contributed by atoms with Crippen LogP contribution in [0.1, 0.15) is 51.2 Å². The smallest absolute Gasteiger partial charge is 0.338 e. The van der Waals surface area contributed by atoms with E-state index < -0.39 is 17.8 Å². The minimum atomic E-state index is -0.463. The molecule has 7 atom stereocenters. The number of esters is 1. The van der Waals surface area contributed by atoms with Crippen molar-refractivity contribution in [2.75, 3.05) is 11.5 Å². The highest BCUT2D eigenvalue weighted by Crippen LogP contribution is 2.69. The highest BCUT2D eigenvalue weighted by atomic mass is 35.5. The molecular weight excluding hydrogens is 656 g/mol. The molecule has 4 aliphatic rings. The van der Waals surface area contributed by atoms with Crippen LogP contribution < -0.4 is 14.5 Å². The molecule has 47 heavy (non-hydrogen) atoms. The quantitative estimate of drug-likeness (QED) is 0.168. The van der Waals surface area contributed by atoms with Crippen molar-refractivity contribution in [3.05, 3.63) is 109 Å². The Morgan fingerprint density at radius 1 is 0.979 bits per heavy atom. The molecule has 240 valence electrons. The molecule has 3 aromatic carbocycles. The molecule has 3 fully saturated rings. The maximum atomic E-state index is 14.2. The van der Waals surface area contributed by atoms with Crippen LogP contribution in [0.2, 0.25) is 5.02 Å². The number of aryl methyl sites for hydroxylation is 1. The predicted molar refractivity (Wildman–Crippen MR) is 180 cm³/mol. The van der Waals surface area contributed by atoms with Crippen molar-refractivity contribution in [3.8, 4) is 5.75 Å². The predicted octanol–water partition coefficient (Wildman–Crippen LogP) is 6.83. The van der Waals surface area contributed by atoms with Gasteiger partial charge < -0.3 is 14.5 Å². The van der Waals surface area contributed by atoms with Crippen LogP contribution >= 0.6 is 34.7 Å². The lowest BCUT2D eigenvalue weighted by molar-refractivity contribution is -0.123. The maximum absolute atomic E-state index is 14.2. The van der Waals surface area contributed by atoms with Gasteiger partial charge in [0.25, 0.3) is 0 Å². The number of nitrogens with one attached hydrogen (secondary N) is 1. The summed E-state index contributed by atoms with van der Waals surface area (Å²) < 4.78 is 11.5. The van der Waals surface area contributed by atoms with Crippen molar-refractivity contribution in [2.24, 2.45) is 29.6 Å². The van der Waals surface area contributed by atoms with Gasteiger partial charge in [0.05, 0.1) is 34.7 Å². The first kappa shape index (κ1) is 30.5. The van der Waals surface area contributed by atoms with Gasteiger partial charge >= 0.3 is 10.8 Å². The Labute approximate surface area is 284 Å². The van der Waals surface area contributed by atoms with E-state index in [9.17, 15) is 19.2 Å². The van der Waals surface area contributed by atoms with Gasteiger partial charge in [-0.05, 0) is 86.1 Å². The molecule has 4 aromatic rings. The number of ether oxygens (including phenoxy) is 2. The summed E-state index contributed by atoms with van der Waals surface area (Å²) >= 11 is 9.47. The lowest BCUT2D eigenvalue weighted by Crippen LogP contribution is -2.42. The summed E-state index contributed by atoms with van der Waals surface area (Å²) in [7, 11) is 0. The molecule has 2 aliphatic heterocycles. The van der Waals surface area contributed by atoms with Gasteiger partial charge in [0.15, 0.2) is 0 Å². The van der Waals surface area contributed by atoms with Crippen LogP contribution in [-0.2, 0) is 20.9 Å². The van der Waals surface area contributed by atoms with Gasteiger partial charge in [-0.3, -0.25) is 19.3 Å². The zero-order valence-electron chi connectivity index (χ0n) is 25.6. The number of rotatable bonds is 7. The molecule has 2 aliphatic carbocycles. The average molecular weight is 687 g/mol. The van der Waals surface area contributed by atoms with Crippen LogP contribution in [0.3, 0.4) is 0 Å². The number of hydrogen-bond acceptors (Lipinski definition) is 8. The molecule has 0 radical (unpaired) electrons. The van der Waals surface area contributed by atoms with Crippen LogP contribution in [0.4, 0.5) is 5.69 Å². The van der Waals surface area contributed by atoms with Crippen LogP contribution in [0.15, 0.2) is 76.6 Å². The molecule has 0 unspecified atom stereocenters. The fraction of sp³-hybridized carbons (Fsp3) is 0.333. The minimum Gasteiger partial charge on any atom is -0.489 e. The number of anilines is 1. The number of carbonyl (C=O) groups is 3. The minimum absolute atomic E-state index is 0.00622. The summed E-state index contributed by atoms with van der Waals surface area (Å²) in [6.07, 6.45) is 0.764. The van der Waals surface area contributed by atoms with E-state index in [1.54, 1.807) is 43.0 Å². The standard InChI is InChI=1S/C36H31ClN2O6S2/c1-3-44-35(42)19-8-11-21(12-9-19)39-33(40)28-23-15-24(29(28)34(39)41)30-27(23)26(31-32(46-30)38-36(43)47-31)22-14-20(37)10-13-25(22)45-16-18-6-4-17(2)5-7-18/h4-14,23-24,26-30H,3,15-16H2,1-2H3,(H,38,43)/t23-,24-,26+,27+,28+,29+,30-/m1/s1. The van der Waals surface area contributed by atoms with Crippen LogP contribution in [0, 0.1) is 36.5 Å². The number of H-pyrrole nitrogens is 1. The number of benzene rings is 3. The average Bonchev–Trinajstić information content (AvgIpc) is 3.80. The molecule has 2 saturated carbocycles. The number of fused-ring (bicyclic) bond motifs is 9. The Balaban J connectivity index is 1.15. The van der Waals surface area contributed by atoms with Crippen molar-refractivity contribution < 1.29 is 23.9 Å². The molecule has 3 heterocycles. The number of carbonyl (C=O) groups excluding carboxylic acids is 3. The molecule has 1 N–H and O–H groups in total. The number of aromatic nitrogens is 1. The van der Waals surface area contributed by atoms with E-state index >= 15 is 0 Å². The van der Waals surface area contributed by atoms with Crippen LogP contribution in [0.5, 0.6) is 5.75 Å². The summed E-state index contributed by atoms with van der Waals surface area (Å²) in [5.41, 5.74) is 3.92. The molecule has 8 rings (SSSR count). The number of imide groups is 1. The van der Waals surface area contributed by atoms with Gasteiger partial charge in [0.1, 0.15) is 12.4 Å². The summed E-state index contributed by atoms with van der Waals surface area (Å²) in [4.78, 5) is 58.4. The number of halogens is 1. The van der Waals surface area contributed by atoms with E-state index in [-0.39, 0.29) is 52.2 Å². The lowest BCUT2D eigenvalue weighted by Gasteiger charge is -2.43. The van der Waals surface area contributed by atoms with E-state index in [1.807, 2.05) is 37.3 Å². The van der Waals surface area contributed by atoms with Gasteiger partial charge in [-0.1, -0.05) is 52.8 Å². The first-order valence-electron chi connectivity index (χ1n) is 15.8. The SMILES string of the molecule is CCOC(=O)c1ccc(N2C(=O)[C@H]3[C@H]4C[C@@H]([C@@H]3C2=O)[C@H]2[C@H](c3cc(Cl)ccc3OCc3ccc(C)cc3)c3sc(=O)[nH]c3S[C@H]42)cc1. The maximum Gasteiger partial charge on any atom is 0.338 e. The van der Waals surface area contributed by atoms with E-state index in [4.69, 9.17) is 21.1 Å². The lowest BCUT2D eigenvalue weighted by atomic mass is 9.68. The number of aromatic amines is 1. The van der Waals surface area contributed by atoms with Crippen molar-refractivity contribution in [1.29, 1.82) is 0 Å². The zero-order chi connectivity index (χ0) is 32.6. The second-order valence-electron chi connectivity index (χ2n) is 12.7. The molecule has 2 amide bonds. The second kappa shape index (κ2) is 11.7. The molecule has 11 heteroatoms. The Kier molecular flexibility index (Phi) is 7.57. The van der Waals surface area contributed by atoms with Gasteiger partial charge in [-0.25, -0.2) is 4.79 Å². The van der Waals surface area contributed by atoms with E-state index in [2.05, 4.69) is 17.1 Å². The summed E-state index contributed by atoms with van der Waals surface area (Å²) in [5.74, 6) is -1.39. The van der Waals surface area contributed by atoms with Crippen molar-refractivity contribution in [1.82, 2.24) is 4.98 Å². The summed E-state index contributed by atoms with van der Waals surface area (Å²) in [6, 6.07) is 20.3. The van der Waals surface area contributed by atoms with Gasteiger partial charge in [-0.15, -0.1) is 11.8 Å². The Bertz CT molecular complexity index is 1970. The molecule has 8 nitrogen and oxygen atoms in total. The second-order valence-corrected chi connectivity index (χ2v) is 15.3. The normalized spacial score (nSPS) is 27.0. The third-order valence-corrected chi connectivity index (χ3v) is 13.0. The van der Waals surface area contributed by atoms with E-state index in [0.29, 0.717) is 28.6 Å².